The lowest BCUT2D eigenvalue weighted by atomic mass is 10.5. The molecule has 5 heteroatoms. The van der Waals surface area contributed by atoms with E-state index in [0.717, 1.165) is 11.3 Å². The van der Waals surface area contributed by atoms with E-state index < -0.39 is 5.97 Å². The number of aromatic carboxylic acids is 1. The van der Waals surface area contributed by atoms with E-state index in [1.807, 2.05) is 0 Å². The largest absolute Gasteiger partial charge is 0.477 e. The van der Waals surface area contributed by atoms with Crippen LogP contribution in [-0.2, 0) is 0 Å². The summed E-state index contributed by atoms with van der Waals surface area (Å²) < 4.78 is 0.319. The Bertz CT molecular complexity index is 249. The van der Waals surface area contributed by atoms with Crippen molar-refractivity contribution in [1.82, 2.24) is 0 Å². The highest BCUT2D eigenvalue weighted by Crippen LogP contribution is 2.31. The Hall–Kier alpha value is -0.250. The van der Waals surface area contributed by atoms with Crippen molar-refractivity contribution in [2.45, 2.75) is 0 Å². The van der Waals surface area contributed by atoms with Gasteiger partial charge in [-0.05, 0) is 6.07 Å². The number of hydrogen-bond donors (Lipinski definition) is 1. The first-order chi connectivity index (χ1) is 4.61. The van der Waals surface area contributed by atoms with Gasteiger partial charge in [-0.25, -0.2) is 4.79 Å². The van der Waals surface area contributed by atoms with E-state index in [0.29, 0.717) is 9.36 Å². The molecule has 0 aliphatic heterocycles. The smallest absolute Gasteiger partial charge is 0.345 e. The SMILES string of the molecule is O=C(O)c1cc(Cl)c(Cl)s1. The number of carboxylic acids is 1. The van der Waals surface area contributed by atoms with Gasteiger partial charge in [0.05, 0.1) is 5.02 Å². The highest BCUT2D eigenvalue weighted by molar-refractivity contribution is 7.18. The van der Waals surface area contributed by atoms with Gasteiger partial charge in [-0.15, -0.1) is 11.3 Å². The summed E-state index contributed by atoms with van der Waals surface area (Å²) in [5.74, 6) is -1.00. The molecule has 0 amide bonds. The van der Waals surface area contributed by atoms with Crippen molar-refractivity contribution in [1.29, 1.82) is 0 Å². The van der Waals surface area contributed by atoms with Crippen LogP contribution in [0.25, 0.3) is 0 Å². The molecule has 1 N–H and O–H groups in total. The van der Waals surface area contributed by atoms with Crippen molar-refractivity contribution >= 4 is 40.5 Å². The number of carbonyl (C=O) groups is 1. The standard InChI is InChI=1S/C5H2Cl2O2S/c6-2-1-3(5(8)9)10-4(2)7/h1H,(H,8,9). The molecule has 0 spiro atoms. The quantitative estimate of drug-likeness (QED) is 0.751. The van der Waals surface area contributed by atoms with Crippen LogP contribution in [0.4, 0.5) is 0 Å². The second kappa shape index (κ2) is 2.78. The highest BCUT2D eigenvalue weighted by Gasteiger charge is 2.09. The van der Waals surface area contributed by atoms with E-state index in [2.05, 4.69) is 0 Å². The van der Waals surface area contributed by atoms with Crippen LogP contribution in [0.5, 0.6) is 0 Å². The Balaban J connectivity index is 3.10. The number of rotatable bonds is 1. The van der Waals surface area contributed by atoms with Gasteiger partial charge in [0.25, 0.3) is 0 Å². The lowest BCUT2D eigenvalue weighted by molar-refractivity contribution is 0.0702. The third kappa shape index (κ3) is 1.42. The van der Waals surface area contributed by atoms with Crippen LogP contribution in [0.2, 0.25) is 9.36 Å². The molecule has 1 aromatic heterocycles. The van der Waals surface area contributed by atoms with E-state index in [-0.39, 0.29) is 4.88 Å². The summed E-state index contributed by atoms with van der Waals surface area (Å²) in [6.45, 7) is 0. The molecule has 54 valence electrons. The predicted octanol–water partition coefficient (Wildman–Crippen LogP) is 2.75. The fourth-order valence-corrected chi connectivity index (χ4v) is 1.66. The molecule has 1 heterocycles. The Morgan fingerprint density at radius 2 is 2.20 bits per heavy atom. The van der Waals surface area contributed by atoms with Gasteiger partial charge in [-0.2, -0.15) is 0 Å². The van der Waals surface area contributed by atoms with Gasteiger partial charge in [0.15, 0.2) is 0 Å². The Kier molecular flexibility index (Phi) is 2.18. The van der Waals surface area contributed by atoms with Crippen molar-refractivity contribution in [2.24, 2.45) is 0 Å². The summed E-state index contributed by atoms with van der Waals surface area (Å²) in [5, 5.41) is 8.71. The first-order valence-electron chi connectivity index (χ1n) is 2.29. The minimum Gasteiger partial charge on any atom is -0.477 e. The molecule has 1 aromatic rings. The summed E-state index contributed by atoms with van der Waals surface area (Å²) in [6, 6.07) is 1.33. The van der Waals surface area contributed by atoms with Crippen LogP contribution in [-0.4, -0.2) is 11.1 Å². The molecule has 0 atom stereocenters. The molecule has 0 aromatic carbocycles. The first-order valence-corrected chi connectivity index (χ1v) is 3.86. The molecule has 0 aliphatic carbocycles. The maximum Gasteiger partial charge on any atom is 0.345 e. The summed E-state index contributed by atoms with van der Waals surface area (Å²) in [6.07, 6.45) is 0. The van der Waals surface area contributed by atoms with Crippen LogP contribution >= 0.6 is 34.5 Å². The van der Waals surface area contributed by atoms with Crippen LogP contribution in [0, 0.1) is 0 Å². The van der Waals surface area contributed by atoms with Crippen LogP contribution < -0.4 is 0 Å². The molecule has 0 saturated carbocycles. The van der Waals surface area contributed by atoms with Crippen molar-refractivity contribution < 1.29 is 9.90 Å². The first kappa shape index (κ1) is 7.85. The van der Waals surface area contributed by atoms with Gasteiger partial charge >= 0.3 is 5.97 Å². The average molecular weight is 197 g/mol. The second-order valence-corrected chi connectivity index (χ2v) is 3.60. The van der Waals surface area contributed by atoms with Crippen LogP contribution in [0.15, 0.2) is 6.07 Å². The van der Waals surface area contributed by atoms with E-state index in [1.54, 1.807) is 0 Å². The summed E-state index contributed by atoms with van der Waals surface area (Å²) >= 11 is 11.9. The van der Waals surface area contributed by atoms with Gasteiger partial charge in [0.1, 0.15) is 9.21 Å². The van der Waals surface area contributed by atoms with Gasteiger partial charge in [0, 0.05) is 0 Å². The third-order valence-corrected chi connectivity index (χ3v) is 2.71. The Morgan fingerprint density at radius 1 is 1.60 bits per heavy atom. The second-order valence-electron chi connectivity index (χ2n) is 1.54. The van der Waals surface area contributed by atoms with Crippen molar-refractivity contribution in [3.8, 4) is 0 Å². The van der Waals surface area contributed by atoms with Gasteiger partial charge in [-0.3, -0.25) is 0 Å². The molecule has 10 heavy (non-hydrogen) atoms. The van der Waals surface area contributed by atoms with Gasteiger partial charge in [-0.1, -0.05) is 23.2 Å². The minimum absolute atomic E-state index is 0.162. The zero-order valence-corrected chi connectivity index (χ0v) is 6.93. The molecule has 0 unspecified atom stereocenters. The molecule has 0 bridgehead atoms. The maximum atomic E-state index is 10.3. The van der Waals surface area contributed by atoms with Crippen LogP contribution in [0.3, 0.4) is 0 Å². The number of hydrogen-bond acceptors (Lipinski definition) is 2. The van der Waals surface area contributed by atoms with E-state index in [1.165, 1.54) is 6.07 Å². The molecule has 1 rings (SSSR count). The Labute approximate surface area is 71.0 Å². The third-order valence-electron chi connectivity index (χ3n) is 0.856. The number of halogens is 2. The van der Waals surface area contributed by atoms with Crippen molar-refractivity contribution in [3.63, 3.8) is 0 Å². The highest BCUT2D eigenvalue weighted by atomic mass is 35.5. The monoisotopic (exact) mass is 196 g/mol. The fourth-order valence-electron chi connectivity index (χ4n) is 0.452. The average Bonchev–Trinajstić information content (AvgIpc) is 2.13. The molecule has 0 aliphatic rings. The van der Waals surface area contributed by atoms with Crippen LogP contribution in [0.1, 0.15) is 9.67 Å². The van der Waals surface area contributed by atoms with Crippen molar-refractivity contribution in [3.05, 3.63) is 20.3 Å². The van der Waals surface area contributed by atoms with E-state index in [9.17, 15) is 4.79 Å². The lowest BCUT2D eigenvalue weighted by Gasteiger charge is -1.79. The summed E-state index contributed by atoms with van der Waals surface area (Å²) in [4.78, 5) is 10.4. The molecular weight excluding hydrogens is 195 g/mol. The summed E-state index contributed by atoms with van der Waals surface area (Å²) in [7, 11) is 0. The zero-order valence-electron chi connectivity index (χ0n) is 4.60. The molecule has 0 radical (unpaired) electrons. The summed E-state index contributed by atoms with van der Waals surface area (Å²) in [5.41, 5.74) is 0. The van der Waals surface area contributed by atoms with Gasteiger partial charge < -0.3 is 5.11 Å². The normalized spacial score (nSPS) is 9.80. The molecule has 0 fully saturated rings. The predicted molar refractivity (Wildman–Crippen MR) is 41.3 cm³/mol. The maximum absolute atomic E-state index is 10.3. The number of carboxylic acid groups (broad SMARTS) is 1. The Morgan fingerprint density at radius 3 is 2.40 bits per heavy atom. The van der Waals surface area contributed by atoms with E-state index in [4.69, 9.17) is 28.3 Å². The minimum atomic E-state index is -1.00. The van der Waals surface area contributed by atoms with Gasteiger partial charge in [0.2, 0.25) is 0 Å². The number of thiophene rings is 1. The zero-order chi connectivity index (χ0) is 7.72. The molecule has 0 saturated heterocycles. The fraction of sp³-hybridized carbons (Fsp3) is 0. The lowest BCUT2D eigenvalue weighted by Crippen LogP contribution is -1.89. The van der Waals surface area contributed by atoms with E-state index >= 15 is 0 Å². The molecular formula is C5H2Cl2O2S. The topological polar surface area (TPSA) is 37.3 Å². The van der Waals surface area contributed by atoms with Crippen molar-refractivity contribution in [2.75, 3.05) is 0 Å². The molecule has 2 nitrogen and oxygen atoms in total.